The minimum Gasteiger partial charge on any atom is -0.419 e. The van der Waals surface area contributed by atoms with Gasteiger partial charge < -0.3 is 14.2 Å². The van der Waals surface area contributed by atoms with E-state index in [4.69, 9.17) is 4.42 Å². The number of carbonyl (C=O) groups is 1. The maximum Gasteiger partial charge on any atom is 0.236 e. The van der Waals surface area contributed by atoms with Gasteiger partial charge in [0, 0.05) is 37.7 Å². The Hall–Kier alpha value is -3.13. The molecule has 1 aliphatic carbocycles. The van der Waals surface area contributed by atoms with Crippen molar-refractivity contribution < 1.29 is 17.6 Å². The summed E-state index contributed by atoms with van der Waals surface area (Å²) in [5.74, 6) is 0.906. The van der Waals surface area contributed by atoms with Gasteiger partial charge in [-0.3, -0.25) is 4.79 Å². The van der Waals surface area contributed by atoms with E-state index in [1.807, 2.05) is 41.0 Å². The molecule has 5 rings (SSSR count). The molecule has 1 saturated heterocycles. The number of aromatic nitrogens is 1. The standard InChI is InChI=1S/C24H25N3O4S/c1-17-7-5-6-10-20(17)21-25-22(32(29,30)19-8-3-2-4-9-19)24(31-21)27-15-13-26(14-16-27)23(28)18-11-12-18/h2-10,18H,11-16H2,1H3. The Morgan fingerprint density at radius 3 is 2.28 bits per heavy atom. The lowest BCUT2D eigenvalue weighted by Crippen LogP contribution is -2.49. The van der Waals surface area contributed by atoms with Crippen LogP contribution in [-0.2, 0) is 14.6 Å². The highest BCUT2D eigenvalue weighted by Crippen LogP contribution is 2.36. The molecule has 2 aliphatic rings. The van der Waals surface area contributed by atoms with Crippen LogP contribution in [0.4, 0.5) is 5.88 Å². The number of sulfone groups is 1. The van der Waals surface area contributed by atoms with Crippen molar-refractivity contribution in [2.24, 2.45) is 5.92 Å². The van der Waals surface area contributed by atoms with Crippen molar-refractivity contribution >= 4 is 21.6 Å². The molecule has 2 fully saturated rings. The molecule has 32 heavy (non-hydrogen) atoms. The Bertz CT molecular complexity index is 1240. The highest BCUT2D eigenvalue weighted by Gasteiger charge is 2.37. The Kier molecular flexibility index (Phi) is 5.25. The smallest absolute Gasteiger partial charge is 0.236 e. The third-order valence-electron chi connectivity index (χ3n) is 6.07. The number of hydrogen-bond donors (Lipinski definition) is 0. The summed E-state index contributed by atoms with van der Waals surface area (Å²) in [7, 11) is -3.88. The van der Waals surface area contributed by atoms with Crippen LogP contribution in [0.3, 0.4) is 0 Å². The molecule has 1 aromatic heterocycles. The quantitative estimate of drug-likeness (QED) is 0.590. The monoisotopic (exact) mass is 451 g/mol. The predicted molar refractivity (Wildman–Crippen MR) is 120 cm³/mol. The van der Waals surface area contributed by atoms with Gasteiger partial charge >= 0.3 is 0 Å². The van der Waals surface area contributed by atoms with Crippen LogP contribution in [0.5, 0.6) is 0 Å². The van der Waals surface area contributed by atoms with Gasteiger partial charge in [0.15, 0.2) is 0 Å². The number of nitrogens with zero attached hydrogens (tertiary/aromatic N) is 3. The second-order valence-corrected chi connectivity index (χ2v) is 10.2. The van der Waals surface area contributed by atoms with Crippen molar-refractivity contribution in [2.75, 3.05) is 31.1 Å². The van der Waals surface area contributed by atoms with E-state index in [2.05, 4.69) is 4.98 Å². The zero-order valence-electron chi connectivity index (χ0n) is 17.9. The molecule has 2 heterocycles. The minimum atomic E-state index is -3.88. The molecule has 166 valence electrons. The van der Waals surface area contributed by atoms with Crippen molar-refractivity contribution in [1.82, 2.24) is 9.88 Å². The topological polar surface area (TPSA) is 83.7 Å². The lowest BCUT2D eigenvalue weighted by molar-refractivity contribution is -0.132. The third kappa shape index (κ3) is 3.79. The van der Waals surface area contributed by atoms with Gasteiger partial charge in [-0.2, -0.15) is 4.98 Å². The highest BCUT2D eigenvalue weighted by atomic mass is 32.2. The predicted octanol–water partition coefficient (Wildman–Crippen LogP) is 3.54. The SMILES string of the molecule is Cc1ccccc1-c1nc(S(=O)(=O)c2ccccc2)c(N2CCN(C(=O)C3CC3)CC2)o1. The van der Waals surface area contributed by atoms with E-state index in [1.165, 1.54) is 0 Å². The number of oxazole rings is 1. The summed E-state index contributed by atoms with van der Waals surface area (Å²) in [5, 5.41) is -0.0797. The Morgan fingerprint density at radius 2 is 1.62 bits per heavy atom. The van der Waals surface area contributed by atoms with Crippen molar-refractivity contribution in [3.63, 3.8) is 0 Å². The summed E-state index contributed by atoms with van der Waals surface area (Å²) < 4.78 is 33.1. The van der Waals surface area contributed by atoms with Gasteiger partial charge in [-0.05, 0) is 43.5 Å². The van der Waals surface area contributed by atoms with Crippen molar-refractivity contribution in [1.29, 1.82) is 0 Å². The molecule has 3 aromatic rings. The summed E-state index contributed by atoms with van der Waals surface area (Å²) in [4.78, 5) is 20.8. The molecule has 0 N–H and O–H groups in total. The molecule has 0 bridgehead atoms. The first-order valence-electron chi connectivity index (χ1n) is 10.9. The summed E-state index contributed by atoms with van der Waals surface area (Å²) in [5.41, 5.74) is 1.70. The molecular formula is C24H25N3O4S. The van der Waals surface area contributed by atoms with Crippen LogP contribution in [-0.4, -0.2) is 50.4 Å². The summed E-state index contributed by atoms with van der Waals surface area (Å²) in [6.45, 7) is 4.02. The fourth-order valence-corrected chi connectivity index (χ4v) is 5.37. The first kappa shape index (κ1) is 20.8. The second kappa shape index (κ2) is 8.09. The summed E-state index contributed by atoms with van der Waals surface area (Å²) >= 11 is 0. The Morgan fingerprint density at radius 1 is 0.969 bits per heavy atom. The third-order valence-corrected chi connectivity index (χ3v) is 7.74. The second-order valence-electron chi connectivity index (χ2n) is 8.35. The summed E-state index contributed by atoms with van der Waals surface area (Å²) in [6.07, 6.45) is 1.95. The first-order chi connectivity index (χ1) is 15.4. The zero-order chi connectivity index (χ0) is 22.3. The normalized spacial score (nSPS) is 16.9. The van der Waals surface area contributed by atoms with Crippen LogP contribution in [0.15, 0.2) is 68.9 Å². The molecule has 0 unspecified atom stereocenters. The Balaban J connectivity index is 1.52. The van der Waals surface area contributed by atoms with E-state index in [9.17, 15) is 13.2 Å². The number of aryl methyl sites for hydroxylation is 1. The van der Waals surface area contributed by atoms with Crippen molar-refractivity contribution in [3.05, 3.63) is 60.2 Å². The van der Waals surface area contributed by atoms with E-state index < -0.39 is 9.84 Å². The number of anilines is 1. The number of hydrogen-bond acceptors (Lipinski definition) is 6. The van der Waals surface area contributed by atoms with E-state index in [0.29, 0.717) is 26.2 Å². The van der Waals surface area contributed by atoms with Crippen molar-refractivity contribution in [3.8, 4) is 11.5 Å². The van der Waals surface area contributed by atoms with Crippen LogP contribution in [0.2, 0.25) is 0 Å². The van der Waals surface area contributed by atoms with Gasteiger partial charge in [0.05, 0.1) is 4.90 Å². The number of benzene rings is 2. The average Bonchev–Trinajstić information content (AvgIpc) is 3.57. The first-order valence-corrected chi connectivity index (χ1v) is 12.3. The molecule has 0 radical (unpaired) electrons. The lowest BCUT2D eigenvalue weighted by Gasteiger charge is -2.34. The number of rotatable bonds is 5. The van der Waals surface area contributed by atoms with Gasteiger partial charge in [-0.15, -0.1) is 0 Å². The van der Waals surface area contributed by atoms with Crippen LogP contribution in [0, 0.1) is 12.8 Å². The van der Waals surface area contributed by atoms with Gasteiger partial charge in [-0.25, -0.2) is 8.42 Å². The van der Waals surface area contributed by atoms with Gasteiger partial charge in [0.2, 0.25) is 32.5 Å². The molecule has 1 amide bonds. The molecule has 2 aromatic carbocycles. The largest absolute Gasteiger partial charge is 0.419 e. The van der Waals surface area contributed by atoms with Crippen LogP contribution in [0.25, 0.3) is 11.5 Å². The molecule has 7 nitrogen and oxygen atoms in total. The number of amides is 1. The molecule has 1 saturated carbocycles. The zero-order valence-corrected chi connectivity index (χ0v) is 18.7. The molecular weight excluding hydrogens is 426 g/mol. The fraction of sp³-hybridized carbons (Fsp3) is 0.333. The molecule has 8 heteroatoms. The van der Waals surface area contributed by atoms with Crippen LogP contribution >= 0.6 is 0 Å². The van der Waals surface area contributed by atoms with Gasteiger partial charge in [0.25, 0.3) is 0 Å². The molecule has 0 spiro atoms. The number of piperazine rings is 1. The summed E-state index contributed by atoms with van der Waals surface area (Å²) in [6, 6.07) is 15.9. The minimum absolute atomic E-state index is 0.0797. The van der Waals surface area contributed by atoms with Crippen LogP contribution < -0.4 is 4.90 Å². The fourth-order valence-electron chi connectivity index (χ4n) is 4.03. The maximum atomic E-state index is 13.5. The van der Waals surface area contributed by atoms with E-state index >= 15 is 0 Å². The van der Waals surface area contributed by atoms with Gasteiger partial charge in [0.1, 0.15) is 0 Å². The highest BCUT2D eigenvalue weighted by molar-refractivity contribution is 7.91. The molecule has 0 atom stereocenters. The lowest BCUT2D eigenvalue weighted by atomic mass is 10.1. The number of carbonyl (C=O) groups excluding carboxylic acids is 1. The maximum absolute atomic E-state index is 13.5. The van der Waals surface area contributed by atoms with E-state index in [1.54, 1.807) is 30.3 Å². The Labute approximate surface area is 187 Å². The molecule has 1 aliphatic heterocycles. The van der Waals surface area contributed by atoms with Crippen molar-refractivity contribution in [2.45, 2.75) is 29.7 Å². The van der Waals surface area contributed by atoms with Crippen LogP contribution in [0.1, 0.15) is 18.4 Å². The van der Waals surface area contributed by atoms with E-state index in [-0.39, 0.29) is 33.5 Å². The van der Waals surface area contributed by atoms with Gasteiger partial charge in [-0.1, -0.05) is 36.4 Å². The average molecular weight is 452 g/mol. The van der Waals surface area contributed by atoms with E-state index in [0.717, 1.165) is 24.0 Å².